The molecule has 0 aliphatic carbocycles. The van der Waals surface area contributed by atoms with E-state index in [1.807, 2.05) is 32.5 Å². The van der Waals surface area contributed by atoms with E-state index < -0.39 is 14.9 Å². The lowest BCUT2D eigenvalue weighted by Gasteiger charge is -2.30. The first kappa shape index (κ1) is 33.5. The van der Waals surface area contributed by atoms with Gasteiger partial charge in [0.25, 0.3) is 0 Å². The Balaban J connectivity index is -0.000000145. The molecule has 0 spiro atoms. The molecule has 1 aromatic heterocycles. The standard InChI is InChI=1S/C8H18NOP.C6H6BrN.C2H6OP.3CH4/c1-7-4-8(6-9-5-7)11(2,3)10;1-5-2-6(7)4-8-3-5;1-4(2)3;;;/h7-9H,4-6H2,1-3H3;2-4H,1H3;1-2H3;3*1H4/q;;+1;;;. The highest BCUT2D eigenvalue weighted by molar-refractivity contribution is 9.10. The van der Waals surface area contributed by atoms with E-state index in [0.717, 1.165) is 24.0 Å². The van der Waals surface area contributed by atoms with E-state index in [1.54, 1.807) is 19.5 Å². The Morgan fingerprint density at radius 2 is 1.69 bits per heavy atom. The van der Waals surface area contributed by atoms with Crippen LogP contribution in [0.5, 0.6) is 0 Å². The molecule has 1 N–H and O–H groups in total. The van der Waals surface area contributed by atoms with Crippen molar-refractivity contribution in [1.29, 1.82) is 0 Å². The minimum absolute atomic E-state index is 0. The molecule has 1 aliphatic heterocycles. The van der Waals surface area contributed by atoms with Gasteiger partial charge in [0.05, 0.1) is 7.14 Å². The van der Waals surface area contributed by atoms with Gasteiger partial charge in [0.2, 0.25) is 0 Å². The van der Waals surface area contributed by atoms with Crippen molar-refractivity contribution in [2.24, 2.45) is 5.92 Å². The van der Waals surface area contributed by atoms with Crippen molar-refractivity contribution in [3.8, 4) is 0 Å². The molecule has 2 rings (SSSR count). The zero-order valence-corrected chi connectivity index (χ0v) is 18.4. The maximum absolute atomic E-state index is 11.7. The summed E-state index contributed by atoms with van der Waals surface area (Å²) in [6, 6.07) is 2.02. The van der Waals surface area contributed by atoms with Gasteiger partial charge in [0, 0.05) is 29.1 Å². The topological polar surface area (TPSA) is 59.1 Å². The maximum atomic E-state index is 11.7. The summed E-state index contributed by atoms with van der Waals surface area (Å²) in [5.41, 5.74) is 1.60. The van der Waals surface area contributed by atoms with Crippen molar-refractivity contribution >= 4 is 30.9 Å². The second-order valence-electron chi connectivity index (χ2n) is 6.58. The number of nitrogens with zero attached hydrogens (tertiary/aromatic N) is 1. The molecule has 1 fully saturated rings. The quantitative estimate of drug-likeness (QED) is 0.460. The minimum Gasteiger partial charge on any atom is -0.324 e. The number of rotatable bonds is 1. The largest absolute Gasteiger partial charge is 0.332 e. The molecule has 0 amide bonds. The summed E-state index contributed by atoms with van der Waals surface area (Å²) < 4.78 is 22.3. The molecule has 2 heterocycles. The van der Waals surface area contributed by atoms with Crippen LogP contribution in [-0.2, 0) is 9.13 Å². The highest BCUT2D eigenvalue weighted by Crippen LogP contribution is 2.45. The number of pyridine rings is 1. The Morgan fingerprint density at radius 1 is 1.19 bits per heavy atom. The van der Waals surface area contributed by atoms with Gasteiger partial charge in [0.1, 0.15) is 13.3 Å². The molecule has 2 unspecified atom stereocenters. The number of hydrogen-bond donors (Lipinski definition) is 1. The van der Waals surface area contributed by atoms with Crippen molar-refractivity contribution in [3.63, 3.8) is 0 Å². The fourth-order valence-corrected chi connectivity index (χ4v) is 4.03. The number of hydrogen-bond acceptors (Lipinski definition) is 4. The van der Waals surface area contributed by atoms with Gasteiger partial charge in [-0.3, -0.25) is 4.98 Å². The fourth-order valence-electron chi connectivity index (χ4n) is 2.12. The van der Waals surface area contributed by atoms with Crippen LogP contribution in [0.4, 0.5) is 0 Å². The van der Waals surface area contributed by atoms with Crippen LogP contribution in [0.3, 0.4) is 0 Å². The van der Waals surface area contributed by atoms with Gasteiger partial charge in [-0.2, -0.15) is 0 Å². The Morgan fingerprint density at radius 3 is 1.96 bits per heavy atom. The average molecular weight is 472 g/mol. The molecular weight excluding hydrogens is 430 g/mol. The van der Waals surface area contributed by atoms with Crippen LogP contribution in [0.15, 0.2) is 22.9 Å². The van der Waals surface area contributed by atoms with Crippen molar-refractivity contribution in [2.75, 3.05) is 39.7 Å². The van der Waals surface area contributed by atoms with Crippen LogP contribution < -0.4 is 5.32 Å². The first-order valence-corrected chi connectivity index (χ1v) is 13.3. The molecular formula is C19H42BrN2O2P2+. The fraction of sp³-hybridized carbons (Fsp3) is 0.737. The third-order valence-electron chi connectivity index (χ3n) is 3.27. The SMILES string of the molecule is C.C.C.CC1CNCC(P(C)(C)=O)C1.C[P+](C)=O.Cc1cncc(Br)c1. The second kappa shape index (κ2) is 17.0. The lowest BCUT2D eigenvalue weighted by atomic mass is 10.0. The summed E-state index contributed by atoms with van der Waals surface area (Å²) in [6.07, 6.45) is 4.73. The van der Waals surface area contributed by atoms with E-state index in [1.165, 1.54) is 5.56 Å². The molecule has 0 bridgehead atoms. The summed E-state index contributed by atoms with van der Waals surface area (Å²) in [6.45, 7) is 13.4. The van der Waals surface area contributed by atoms with Gasteiger partial charge in [-0.1, -0.05) is 33.8 Å². The van der Waals surface area contributed by atoms with E-state index in [4.69, 9.17) is 0 Å². The molecule has 4 nitrogen and oxygen atoms in total. The van der Waals surface area contributed by atoms with E-state index in [9.17, 15) is 9.13 Å². The third-order valence-corrected chi connectivity index (χ3v) is 5.85. The molecule has 1 saturated heterocycles. The number of nitrogens with one attached hydrogen (secondary N) is 1. The normalized spacial score (nSPS) is 18.1. The first-order chi connectivity index (χ1) is 10.5. The second-order valence-corrected chi connectivity index (χ2v) is 12.7. The Kier molecular flexibility index (Phi) is 22.0. The van der Waals surface area contributed by atoms with Crippen LogP contribution in [0.25, 0.3) is 0 Å². The van der Waals surface area contributed by atoms with Gasteiger partial charge in [-0.25, -0.2) is 0 Å². The number of aromatic nitrogens is 1. The Bertz CT molecular complexity index is 515. The first-order valence-electron chi connectivity index (χ1n) is 7.69. The smallest absolute Gasteiger partial charge is 0.324 e. The van der Waals surface area contributed by atoms with Gasteiger partial charge < -0.3 is 9.88 Å². The number of halogens is 1. The summed E-state index contributed by atoms with van der Waals surface area (Å²) in [7, 11) is -2.71. The van der Waals surface area contributed by atoms with Crippen molar-refractivity contribution < 1.29 is 9.13 Å². The van der Waals surface area contributed by atoms with Crippen LogP contribution in [0, 0.1) is 12.8 Å². The maximum Gasteiger partial charge on any atom is 0.332 e. The predicted octanol–water partition coefficient (Wildman–Crippen LogP) is 6.74. The van der Waals surface area contributed by atoms with Crippen molar-refractivity contribution in [2.45, 2.75) is 48.2 Å². The summed E-state index contributed by atoms with van der Waals surface area (Å²) >= 11 is 3.30. The molecule has 0 aromatic carbocycles. The van der Waals surface area contributed by atoms with E-state index in [2.05, 4.69) is 33.2 Å². The summed E-state index contributed by atoms with van der Waals surface area (Å²) in [4.78, 5) is 3.94. The Hall–Kier alpha value is -0.0800. The van der Waals surface area contributed by atoms with E-state index in [0.29, 0.717) is 11.6 Å². The molecule has 0 saturated carbocycles. The monoisotopic (exact) mass is 471 g/mol. The Labute approximate surface area is 172 Å². The molecule has 2 atom stereocenters. The number of aryl methyl sites for hydroxylation is 1. The zero-order chi connectivity index (χ0) is 18.0. The highest BCUT2D eigenvalue weighted by Gasteiger charge is 2.27. The lowest BCUT2D eigenvalue weighted by molar-refractivity contribution is 0.401. The third kappa shape index (κ3) is 18.7. The molecule has 1 aliphatic rings. The zero-order valence-electron chi connectivity index (χ0n) is 15.0. The van der Waals surface area contributed by atoms with Crippen LogP contribution in [0.2, 0.25) is 0 Å². The molecule has 156 valence electrons. The van der Waals surface area contributed by atoms with Gasteiger partial charge in [0.15, 0.2) is 0 Å². The molecule has 1 aromatic rings. The van der Waals surface area contributed by atoms with Crippen LogP contribution in [-0.4, -0.2) is 50.4 Å². The number of piperidine rings is 1. The lowest BCUT2D eigenvalue weighted by Crippen LogP contribution is -2.37. The summed E-state index contributed by atoms with van der Waals surface area (Å²) in [5.74, 6) is 0.696. The summed E-state index contributed by atoms with van der Waals surface area (Å²) in [5, 5.41) is 3.32. The molecule has 26 heavy (non-hydrogen) atoms. The van der Waals surface area contributed by atoms with Gasteiger partial charge in [-0.15, -0.1) is 0 Å². The molecule has 7 heteroatoms. The predicted molar refractivity (Wildman–Crippen MR) is 126 cm³/mol. The van der Waals surface area contributed by atoms with Crippen molar-refractivity contribution in [3.05, 3.63) is 28.5 Å². The van der Waals surface area contributed by atoms with Gasteiger partial charge >= 0.3 is 7.80 Å². The highest BCUT2D eigenvalue weighted by atomic mass is 79.9. The van der Waals surface area contributed by atoms with Crippen LogP contribution >= 0.6 is 30.9 Å². The van der Waals surface area contributed by atoms with Crippen molar-refractivity contribution in [1.82, 2.24) is 10.3 Å². The van der Waals surface area contributed by atoms with E-state index in [-0.39, 0.29) is 22.3 Å². The van der Waals surface area contributed by atoms with Crippen LogP contribution in [0.1, 0.15) is 41.2 Å². The average Bonchev–Trinajstić information content (AvgIpc) is 2.37. The minimum atomic E-state index is -1.84. The van der Waals surface area contributed by atoms with Gasteiger partial charge in [-0.05, 0) is 66.7 Å². The molecule has 0 radical (unpaired) electrons. The van der Waals surface area contributed by atoms with E-state index >= 15 is 0 Å².